The smallest absolute Gasteiger partial charge is 0.363 e. The Balaban J connectivity index is 1.63. The Labute approximate surface area is 199 Å². The third-order valence-corrected chi connectivity index (χ3v) is 4.98. The number of rotatable bonds is 8. The van der Waals surface area contributed by atoms with Crippen LogP contribution in [0.1, 0.15) is 16.7 Å². The van der Waals surface area contributed by atoms with Crippen LogP contribution in [0.25, 0.3) is 6.08 Å². The van der Waals surface area contributed by atoms with Crippen molar-refractivity contribution in [2.75, 3.05) is 14.2 Å². The first-order valence-electron chi connectivity index (χ1n) is 10.3. The lowest BCUT2D eigenvalue weighted by molar-refractivity contribution is -0.384. The lowest BCUT2D eigenvalue weighted by Crippen LogP contribution is -2.05. The Morgan fingerprint density at radius 1 is 1.06 bits per heavy atom. The Morgan fingerprint density at radius 2 is 1.77 bits per heavy atom. The van der Waals surface area contributed by atoms with Gasteiger partial charge in [0.2, 0.25) is 11.6 Å². The molecule has 1 heterocycles. The molecule has 0 bridgehead atoms. The first-order chi connectivity index (χ1) is 16.9. The fourth-order valence-electron chi connectivity index (χ4n) is 3.35. The summed E-state index contributed by atoms with van der Waals surface area (Å²) in [5, 5.41) is 11.0. The molecule has 4 rings (SSSR count). The maximum atomic E-state index is 13.5. The van der Waals surface area contributed by atoms with Crippen LogP contribution in [0.15, 0.2) is 71.4 Å². The maximum Gasteiger partial charge on any atom is 0.363 e. The molecule has 0 saturated heterocycles. The Morgan fingerprint density at radius 3 is 2.43 bits per heavy atom. The second kappa shape index (κ2) is 10.0. The number of aliphatic imine (C=N–C) groups is 1. The SMILES string of the molecule is COc1cc(C=C2N=C(c3cccc([N+](=O)[O-])c3)OC2=O)cc(OC)c1OCc1cccc(F)c1. The van der Waals surface area contributed by atoms with Gasteiger partial charge in [0.1, 0.15) is 12.4 Å². The summed E-state index contributed by atoms with van der Waals surface area (Å²) < 4.78 is 35.4. The summed E-state index contributed by atoms with van der Waals surface area (Å²) in [5.74, 6) is -0.185. The number of methoxy groups -OCH3 is 2. The number of nitrogens with zero attached hydrogens (tertiary/aromatic N) is 2. The van der Waals surface area contributed by atoms with Gasteiger partial charge in [-0.05, 0) is 47.5 Å². The predicted octanol–water partition coefficient (Wildman–Crippen LogP) is 4.67. The van der Waals surface area contributed by atoms with E-state index in [2.05, 4.69) is 4.99 Å². The van der Waals surface area contributed by atoms with Gasteiger partial charge in [-0.25, -0.2) is 14.2 Å². The first kappa shape index (κ1) is 23.4. The normalized spacial score (nSPS) is 13.9. The third-order valence-electron chi connectivity index (χ3n) is 4.98. The summed E-state index contributed by atoms with van der Waals surface area (Å²) in [6.45, 7) is 0.0775. The van der Waals surface area contributed by atoms with Crippen molar-refractivity contribution in [3.63, 3.8) is 0 Å². The average molecular weight is 478 g/mol. The van der Waals surface area contributed by atoms with Crippen molar-refractivity contribution in [2.24, 2.45) is 4.99 Å². The van der Waals surface area contributed by atoms with E-state index in [1.54, 1.807) is 30.3 Å². The molecular weight excluding hydrogens is 459 g/mol. The van der Waals surface area contributed by atoms with Crippen molar-refractivity contribution < 1.29 is 33.1 Å². The van der Waals surface area contributed by atoms with Gasteiger partial charge in [-0.2, -0.15) is 0 Å². The first-order valence-corrected chi connectivity index (χ1v) is 10.3. The highest BCUT2D eigenvalue weighted by molar-refractivity contribution is 6.13. The van der Waals surface area contributed by atoms with Crippen LogP contribution in [0.3, 0.4) is 0 Å². The van der Waals surface area contributed by atoms with Crippen LogP contribution in [-0.2, 0) is 16.1 Å². The van der Waals surface area contributed by atoms with E-state index in [0.717, 1.165) is 0 Å². The van der Waals surface area contributed by atoms with E-state index in [9.17, 15) is 19.3 Å². The van der Waals surface area contributed by atoms with Crippen molar-refractivity contribution >= 4 is 23.6 Å². The molecular formula is C25H19FN2O7. The second-order valence-electron chi connectivity index (χ2n) is 7.32. The highest BCUT2D eigenvalue weighted by atomic mass is 19.1. The van der Waals surface area contributed by atoms with Crippen LogP contribution in [0, 0.1) is 15.9 Å². The summed E-state index contributed by atoms with van der Waals surface area (Å²) in [5.41, 5.74) is 1.27. The molecule has 3 aromatic carbocycles. The highest BCUT2D eigenvalue weighted by Gasteiger charge is 2.26. The summed E-state index contributed by atoms with van der Waals surface area (Å²) >= 11 is 0. The van der Waals surface area contributed by atoms with Crippen LogP contribution in [0.2, 0.25) is 0 Å². The molecule has 9 nitrogen and oxygen atoms in total. The number of hydrogen-bond acceptors (Lipinski definition) is 8. The number of cyclic esters (lactones) is 1. The minimum Gasteiger partial charge on any atom is -0.493 e. The fourth-order valence-corrected chi connectivity index (χ4v) is 3.35. The molecule has 1 aliphatic heterocycles. The Bertz CT molecular complexity index is 1340. The topological polar surface area (TPSA) is 109 Å². The van der Waals surface area contributed by atoms with E-state index >= 15 is 0 Å². The number of esters is 1. The van der Waals surface area contributed by atoms with E-state index in [-0.39, 0.29) is 29.7 Å². The fraction of sp³-hybridized carbons (Fsp3) is 0.120. The van der Waals surface area contributed by atoms with E-state index in [4.69, 9.17) is 18.9 Å². The van der Waals surface area contributed by atoms with E-state index < -0.39 is 10.9 Å². The Hall–Kier alpha value is -4.73. The molecule has 0 unspecified atom stereocenters. The number of benzene rings is 3. The van der Waals surface area contributed by atoms with Crippen LogP contribution in [0.5, 0.6) is 17.2 Å². The van der Waals surface area contributed by atoms with Gasteiger partial charge in [0, 0.05) is 17.7 Å². The minimum absolute atomic E-state index is 0.0101. The highest BCUT2D eigenvalue weighted by Crippen LogP contribution is 2.40. The molecule has 0 fully saturated rings. The van der Waals surface area contributed by atoms with Crippen molar-refractivity contribution in [1.82, 2.24) is 0 Å². The molecule has 3 aromatic rings. The largest absolute Gasteiger partial charge is 0.493 e. The maximum absolute atomic E-state index is 13.5. The Kier molecular flexibility index (Phi) is 6.72. The number of halogens is 1. The quantitative estimate of drug-likeness (QED) is 0.200. The van der Waals surface area contributed by atoms with Crippen molar-refractivity contribution in [2.45, 2.75) is 6.61 Å². The lowest BCUT2D eigenvalue weighted by atomic mass is 10.1. The zero-order valence-corrected chi connectivity index (χ0v) is 18.7. The van der Waals surface area contributed by atoms with Gasteiger partial charge in [-0.3, -0.25) is 10.1 Å². The van der Waals surface area contributed by atoms with Gasteiger partial charge in [0.25, 0.3) is 5.69 Å². The molecule has 0 radical (unpaired) electrons. The lowest BCUT2D eigenvalue weighted by Gasteiger charge is -2.15. The average Bonchev–Trinajstić information content (AvgIpc) is 3.22. The number of hydrogen-bond donors (Lipinski definition) is 0. The molecule has 0 aliphatic carbocycles. The summed E-state index contributed by atoms with van der Waals surface area (Å²) in [7, 11) is 2.90. The molecule has 10 heteroatoms. The molecule has 0 N–H and O–H groups in total. The van der Waals surface area contributed by atoms with Gasteiger partial charge in [0.15, 0.2) is 17.2 Å². The summed E-state index contributed by atoms with van der Waals surface area (Å²) in [6, 6.07) is 14.9. The number of carbonyl (C=O) groups excluding carboxylic acids is 1. The number of carbonyl (C=O) groups is 1. The zero-order chi connectivity index (χ0) is 24.9. The number of ether oxygens (including phenoxy) is 4. The predicted molar refractivity (Wildman–Crippen MR) is 124 cm³/mol. The monoisotopic (exact) mass is 478 g/mol. The second-order valence-corrected chi connectivity index (χ2v) is 7.32. The van der Waals surface area contributed by atoms with Crippen LogP contribution in [0.4, 0.5) is 10.1 Å². The minimum atomic E-state index is -0.712. The zero-order valence-electron chi connectivity index (χ0n) is 18.7. The van der Waals surface area contributed by atoms with Crippen LogP contribution < -0.4 is 14.2 Å². The van der Waals surface area contributed by atoms with E-state index in [0.29, 0.717) is 33.9 Å². The summed E-state index contributed by atoms with van der Waals surface area (Å²) in [6.07, 6.45) is 1.47. The number of nitro benzene ring substituents is 1. The standard InChI is InChI=1S/C25H19FN2O7/c1-32-21-11-16(12-22(33-2)23(21)34-14-15-5-3-7-18(26)9-15)10-20-25(29)35-24(27-20)17-6-4-8-19(13-17)28(30)31/h3-13H,14H2,1-2H3. The van der Waals surface area contributed by atoms with Gasteiger partial charge in [0.05, 0.1) is 19.1 Å². The third kappa shape index (κ3) is 5.27. The molecule has 0 atom stereocenters. The molecule has 0 spiro atoms. The van der Waals surface area contributed by atoms with E-state index in [1.165, 1.54) is 50.6 Å². The van der Waals surface area contributed by atoms with E-state index in [1.807, 2.05) is 0 Å². The van der Waals surface area contributed by atoms with Crippen molar-refractivity contribution in [1.29, 1.82) is 0 Å². The summed E-state index contributed by atoms with van der Waals surface area (Å²) in [4.78, 5) is 27.1. The van der Waals surface area contributed by atoms with Gasteiger partial charge < -0.3 is 18.9 Å². The molecule has 35 heavy (non-hydrogen) atoms. The van der Waals surface area contributed by atoms with Crippen LogP contribution >= 0.6 is 0 Å². The van der Waals surface area contributed by atoms with Crippen LogP contribution in [-0.4, -0.2) is 31.0 Å². The van der Waals surface area contributed by atoms with Crippen molar-refractivity contribution in [3.05, 3.63) is 99.0 Å². The molecule has 0 saturated carbocycles. The molecule has 0 amide bonds. The van der Waals surface area contributed by atoms with Gasteiger partial charge >= 0.3 is 5.97 Å². The van der Waals surface area contributed by atoms with Crippen molar-refractivity contribution in [3.8, 4) is 17.2 Å². The number of non-ortho nitro benzene ring substituents is 1. The molecule has 0 aromatic heterocycles. The van der Waals surface area contributed by atoms with Gasteiger partial charge in [-0.1, -0.05) is 18.2 Å². The number of nitro groups is 1. The molecule has 1 aliphatic rings. The molecule has 178 valence electrons. The van der Waals surface area contributed by atoms with Gasteiger partial charge in [-0.15, -0.1) is 0 Å².